The number of hydrogen-bond acceptors (Lipinski definition) is 0. The van der Waals surface area contributed by atoms with Crippen LogP contribution in [0.25, 0.3) is 43.6 Å². The van der Waals surface area contributed by atoms with E-state index in [0.29, 0.717) is 9.84 Å². The first kappa shape index (κ1) is 39.1. The van der Waals surface area contributed by atoms with Crippen LogP contribution in [0, 0.1) is 0 Å². The average Bonchev–Trinajstić information content (AvgIpc) is 3.88. The van der Waals surface area contributed by atoms with Crippen LogP contribution in [0.15, 0.2) is 267 Å². The van der Waals surface area contributed by atoms with E-state index >= 15 is 0 Å². The highest BCUT2D eigenvalue weighted by Gasteiger charge is 2.43. The summed E-state index contributed by atoms with van der Waals surface area (Å²) in [4.78, 5) is 0. The van der Waals surface area contributed by atoms with Crippen molar-refractivity contribution in [1.82, 2.24) is 8.47 Å². The number of fused-ring (bicyclic) bond motifs is 6. The van der Waals surface area contributed by atoms with Gasteiger partial charge in [0, 0.05) is 43.6 Å². The summed E-state index contributed by atoms with van der Waals surface area (Å²) in [5, 5.41) is 16.2. The van der Waals surface area contributed by atoms with Crippen LogP contribution in [-0.4, -0.2) is 34.5 Å². The summed E-state index contributed by atoms with van der Waals surface area (Å²) in [6.07, 6.45) is 0. The molecule has 2 heterocycles. The van der Waals surface area contributed by atoms with E-state index in [1.54, 1.807) is 0 Å². The molecule has 0 unspecified atom stereocenters. The third kappa shape index (κ3) is 6.19. The number of hydrogen-bond donors (Lipinski definition) is 0. The number of aromatic nitrogens is 2. The Morgan fingerprint density at radius 2 is 0.462 bits per heavy atom. The molecule has 65 heavy (non-hydrogen) atoms. The van der Waals surface area contributed by atoms with Crippen LogP contribution in [-0.2, 0) is 0 Å². The van der Waals surface area contributed by atoms with Crippen LogP contribution >= 0.6 is 0 Å². The molecule has 0 saturated carbocycles. The van der Waals surface area contributed by atoms with E-state index in [1.807, 2.05) is 0 Å². The summed E-state index contributed by atoms with van der Waals surface area (Å²) >= 11 is 0. The minimum absolute atomic E-state index is 0.301. The molecule has 2 radical (unpaired) electrons. The minimum atomic E-state index is -2.73. The Morgan fingerprint density at radius 3 is 0.754 bits per heavy atom. The lowest BCUT2D eigenvalue weighted by atomic mass is 10.1. The molecular weight excluding hydrogens is 833 g/mol. The monoisotopic (exact) mass is 876 g/mol. The first-order valence-corrected chi connectivity index (χ1v) is 27.3. The summed E-state index contributed by atoms with van der Waals surface area (Å²) in [5.41, 5.74) is 4.99. The van der Waals surface area contributed by atoms with Gasteiger partial charge >= 0.3 is 9.84 Å². The number of para-hydroxylation sites is 2. The second kappa shape index (κ2) is 16.2. The van der Waals surface area contributed by atoms with Gasteiger partial charge in [-0.25, -0.2) is 0 Å². The van der Waals surface area contributed by atoms with Crippen molar-refractivity contribution in [3.05, 3.63) is 267 Å². The fraction of sp³-hybridized carbons (Fsp3) is 0. The van der Waals surface area contributed by atoms with Gasteiger partial charge in [0.05, 0.1) is 0 Å². The lowest BCUT2D eigenvalue weighted by Crippen LogP contribution is -2.74. The molecule has 306 valence electrons. The van der Waals surface area contributed by atoms with Gasteiger partial charge in [0.1, 0.15) is 0 Å². The Hall–Kier alpha value is -7.55. The summed E-state index contributed by atoms with van der Waals surface area (Å²) in [7, 11) is -5.17. The molecule has 12 rings (SSSR count). The highest BCUT2D eigenvalue weighted by Crippen LogP contribution is 2.32. The first-order valence-electron chi connectivity index (χ1n) is 22.4. The maximum Gasteiger partial charge on any atom is 0.342 e. The predicted octanol–water partition coefficient (Wildman–Crippen LogP) is 8.59. The zero-order chi connectivity index (χ0) is 43.2. The summed E-state index contributed by atoms with van der Waals surface area (Å²) in [5.74, 6) is 0. The van der Waals surface area contributed by atoms with Crippen molar-refractivity contribution in [3.63, 3.8) is 0 Å². The quantitative estimate of drug-likeness (QED) is 0.0964. The fourth-order valence-corrected chi connectivity index (χ4v) is 21.8. The lowest BCUT2D eigenvalue weighted by molar-refractivity contribution is 1.23. The Bertz CT molecular complexity index is 3170. The van der Waals surface area contributed by atoms with Crippen molar-refractivity contribution in [3.8, 4) is 0 Å². The lowest BCUT2D eigenvalue weighted by Gasteiger charge is -2.34. The van der Waals surface area contributed by atoms with Gasteiger partial charge in [-0.15, -0.1) is 0 Å². The van der Waals surface area contributed by atoms with Crippen molar-refractivity contribution >= 4 is 111 Å². The summed E-state index contributed by atoms with van der Waals surface area (Å²) < 4.78 is 5.14. The molecule has 12 aromatic rings. The van der Waals surface area contributed by atoms with E-state index in [2.05, 4.69) is 275 Å². The Labute approximate surface area is 384 Å². The van der Waals surface area contributed by atoms with E-state index in [0.717, 1.165) is 0 Å². The average molecular weight is 877 g/mol. The molecule has 0 aliphatic heterocycles. The van der Waals surface area contributed by atoms with Gasteiger partial charge in [-0.05, 0) is 65.8 Å². The van der Waals surface area contributed by atoms with E-state index in [-0.39, 0.29) is 0 Å². The van der Waals surface area contributed by atoms with E-state index < -0.39 is 16.1 Å². The topological polar surface area (TPSA) is 9.86 Å². The van der Waals surface area contributed by atoms with Crippen molar-refractivity contribution in [2.24, 2.45) is 0 Å². The molecule has 0 atom stereocenters. The van der Waals surface area contributed by atoms with Gasteiger partial charge in [-0.2, -0.15) is 0 Å². The second-order valence-corrected chi connectivity index (χ2v) is 25.7. The predicted molar refractivity (Wildman–Crippen MR) is 283 cm³/mol. The maximum absolute atomic E-state index is 2.73. The molecule has 0 saturated heterocycles. The van der Waals surface area contributed by atoms with E-state index in [1.165, 1.54) is 85.1 Å². The number of nitrogens with zero attached hydrogens (tertiary/aromatic N) is 2. The fourth-order valence-electron chi connectivity index (χ4n) is 10.9. The highest BCUT2D eigenvalue weighted by molar-refractivity contribution is 7.20. The molecule has 10 aromatic carbocycles. The van der Waals surface area contributed by atoms with E-state index in [9.17, 15) is 0 Å². The zero-order valence-electron chi connectivity index (χ0n) is 35.8. The largest absolute Gasteiger partial charge is 0.348 e. The number of rotatable bonds is 10. The summed E-state index contributed by atoms with van der Waals surface area (Å²) in [6.45, 7) is 0. The van der Waals surface area contributed by atoms with Crippen LogP contribution in [0.1, 0.15) is 0 Å². The molecule has 0 N–H and O–H groups in total. The van der Waals surface area contributed by atoms with Gasteiger partial charge in [-0.3, -0.25) is 0 Å². The molecular formula is C60H44N2Si3. The molecule has 0 aliphatic carbocycles. The Kier molecular flexibility index (Phi) is 9.75. The van der Waals surface area contributed by atoms with Crippen LogP contribution < -0.4 is 41.5 Å². The first-order chi connectivity index (χ1) is 32.3. The van der Waals surface area contributed by atoms with Crippen LogP contribution in [0.5, 0.6) is 0 Å². The molecule has 0 spiro atoms. The number of benzene rings is 10. The second-order valence-electron chi connectivity index (χ2n) is 17.0. The van der Waals surface area contributed by atoms with Gasteiger partial charge in [-0.1, -0.05) is 243 Å². The molecule has 5 heteroatoms. The van der Waals surface area contributed by atoms with Gasteiger partial charge in [0.25, 0.3) is 0 Å². The van der Waals surface area contributed by atoms with Crippen molar-refractivity contribution in [2.45, 2.75) is 0 Å². The Balaban J connectivity index is 1.07. The van der Waals surface area contributed by atoms with Crippen LogP contribution in [0.3, 0.4) is 0 Å². The third-order valence-electron chi connectivity index (χ3n) is 13.7. The van der Waals surface area contributed by atoms with Gasteiger partial charge in [0.2, 0.25) is 0 Å². The SMILES string of the molecule is c1ccc([Si](c2ccccc2)(c2ccccc2)c2ccc3c(c2)c2ccccc2n3[Si]n2c3ccccc3c3cc([Si](c4ccccc4)(c4ccccc4)c4ccccc4)ccc32)cc1. The van der Waals surface area contributed by atoms with Crippen molar-refractivity contribution < 1.29 is 0 Å². The van der Waals surface area contributed by atoms with Crippen molar-refractivity contribution in [1.29, 1.82) is 0 Å². The van der Waals surface area contributed by atoms with Crippen LogP contribution in [0.2, 0.25) is 0 Å². The van der Waals surface area contributed by atoms with Crippen molar-refractivity contribution in [2.75, 3.05) is 0 Å². The molecule has 0 bridgehead atoms. The van der Waals surface area contributed by atoms with Gasteiger partial charge in [0.15, 0.2) is 16.1 Å². The van der Waals surface area contributed by atoms with Gasteiger partial charge < -0.3 is 8.47 Å². The normalized spacial score (nSPS) is 12.1. The van der Waals surface area contributed by atoms with E-state index in [4.69, 9.17) is 0 Å². The Morgan fingerprint density at radius 1 is 0.215 bits per heavy atom. The zero-order valence-corrected chi connectivity index (χ0v) is 38.8. The highest BCUT2D eigenvalue weighted by atomic mass is 28.3. The maximum atomic E-state index is 2.57. The minimum Gasteiger partial charge on any atom is -0.348 e. The molecule has 2 aromatic heterocycles. The third-order valence-corrected chi connectivity index (χ3v) is 24.6. The molecule has 2 nitrogen and oxygen atoms in total. The summed E-state index contributed by atoms with van der Waals surface area (Å²) in [6, 6.07) is 100. The standard InChI is InChI=1S/C60H44N2Si3/c1-7-23-45(24-8-1)64(46-25-9-2-10-26-46,47-27-11-3-12-28-47)51-39-41-59-55(43-51)53-35-19-21-37-57(53)61(59)63-62-58-38-22-20-36-54(58)56-44-52(40-42-60(56)62)65(48-29-13-4-14-30-48,49-31-15-5-16-32-49)50-33-17-6-18-34-50/h1-44H. The van der Waals surface area contributed by atoms with Crippen LogP contribution in [0.4, 0.5) is 0 Å². The molecule has 0 amide bonds. The molecule has 0 fully saturated rings. The molecule has 0 aliphatic rings. The smallest absolute Gasteiger partial charge is 0.342 e.